The number of amides is 1. The quantitative estimate of drug-likeness (QED) is 0.245. The maximum Gasteiger partial charge on any atom is 0.245 e. The van der Waals surface area contributed by atoms with Crippen LogP contribution >= 0.6 is 35.0 Å². The lowest BCUT2D eigenvalue weighted by molar-refractivity contribution is -0.117. The summed E-state index contributed by atoms with van der Waals surface area (Å²) in [5, 5.41) is 10.5. The summed E-state index contributed by atoms with van der Waals surface area (Å²) in [4.78, 5) is 28.1. The van der Waals surface area contributed by atoms with Crippen molar-refractivity contribution >= 4 is 52.3 Å². The first kappa shape index (κ1) is 22.2. The molecule has 1 fully saturated rings. The molecule has 0 N–H and O–H groups in total. The zero-order valence-corrected chi connectivity index (χ0v) is 19.0. The Morgan fingerprint density at radius 3 is 2.28 bits per heavy atom. The molecule has 7 heteroatoms. The van der Waals surface area contributed by atoms with Gasteiger partial charge in [0.2, 0.25) is 11.7 Å². The summed E-state index contributed by atoms with van der Waals surface area (Å²) in [6.45, 7) is 0. The zero-order valence-electron chi connectivity index (χ0n) is 16.7. The van der Waals surface area contributed by atoms with Crippen molar-refractivity contribution in [2.45, 2.75) is 11.7 Å². The molecule has 1 amide bonds. The number of Topliss-reactive ketones (excluding diaryl/α,β-unsaturated/α-hetero) is 1. The van der Waals surface area contributed by atoms with E-state index in [2.05, 4.69) is 0 Å². The first-order valence-corrected chi connectivity index (χ1v) is 11.4. The summed E-state index contributed by atoms with van der Waals surface area (Å²) in [6.07, 6.45) is 0.313. The van der Waals surface area contributed by atoms with Gasteiger partial charge >= 0.3 is 0 Å². The van der Waals surface area contributed by atoms with Gasteiger partial charge in [-0.25, -0.2) is 0 Å². The zero-order chi connectivity index (χ0) is 22.7. The van der Waals surface area contributed by atoms with Crippen molar-refractivity contribution in [1.82, 2.24) is 0 Å². The van der Waals surface area contributed by atoms with Crippen LogP contribution in [-0.2, 0) is 11.2 Å². The molecule has 0 bridgehead atoms. The predicted molar refractivity (Wildman–Crippen MR) is 129 cm³/mol. The van der Waals surface area contributed by atoms with E-state index in [4.69, 9.17) is 23.2 Å². The van der Waals surface area contributed by atoms with Gasteiger partial charge in [0.15, 0.2) is 0 Å². The van der Waals surface area contributed by atoms with Crippen LogP contribution in [0.15, 0.2) is 89.5 Å². The third kappa shape index (κ3) is 4.31. The van der Waals surface area contributed by atoms with E-state index in [0.29, 0.717) is 32.7 Å². The Morgan fingerprint density at radius 1 is 0.969 bits per heavy atom. The number of hydrogen-bond donors (Lipinski definition) is 0. The van der Waals surface area contributed by atoms with E-state index in [1.54, 1.807) is 66.7 Å². The Labute approximate surface area is 200 Å². The van der Waals surface area contributed by atoms with E-state index in [1.807, 2.05) is 18.2 Å². The highest BCUT2D eigenvalue weighted by Crippen LogP contribution is 2.43. The molecule has 32 heavy (non-hydrogen) atoms. The number of ketones is 1. The fourth-order valence-electron chi connectivity index (χ4n) is 3.44. The van der Waals surface area contributed by atoms with Gasteiger partial charge in [0, 0.05) is 11.3 Å². The monoisotopic (exact) mass is 478 g/mol. The number of benzene rings is 3. The molecule has 0 radical (unpaired) electrons. The van der Waals surface area contributed by atoms with Crippen molar-refractivity contribution < 1.29 is 9.59 Å². The molecule has 3 aromatic rings. The molecule has 4 rings (SSSR count). The van der Waals surface area contributed by atoms with E-state index in [-0.39, 0.29) is 11.5 Å². The Kier molecular flexibility index (Phi) is 6.66. The van der Waals surface area contributed by atoms with Gasteiger partial charge in [-0.3, -0.25) is 14.5 Å². The van der Waals surface area contributed by atoms with Crippen LogP contribution in [0.5, 0.6) is 0 Å². The molecular formula is C25H16Cl2N2O2S. The summed E-state index contributed by atoms with van der Waals surface area (Å²) < 4.78 is 0. The number of nitrogens with zero attached hydrogens (tertiary/aromatic N) is 2. The molecule has 1 atom stereocenters. The van der Waals surface area contributed by atoms with Gasteiger partial charge in [0.05, 0.1) is 15.3 Å². The van der Waals surface area contributed by atoms with Gasteiger partial charge in [-0.15, -0.1) is 0 Å². The summed E-state index contributed by atoms with van der Waals surface area (Å²) in [7, 11) is 0. The van der Waals surface area contributed by atoms with Gasteiger partial charge in [0.1, 0.15) is 16.7 Å². The number of para-hydroxylation sites is 1. The largest absolute Gasteiger partial charge is 0.288 e. The molecule has 1 heterocycles. The topological polar surface area (TPSA) is 61.2 Å². The summed E-state index contributed by atoms with van der Waals surface area (Å²) in [5.41, 5.74) is 1.64. The van der Waals surface area contributed by atoms with Crippen LogP contribution in [0.3, 0.4) is 0 Å². The van der Waals surface area contributed by atoms with Crippen LogP contribution in [0.25, 0.3) is 0 Å². The average Bonchev–Trinajstić information content (AvgIpc) is 3.14. The van der Waals surface area contributed by atoms with Crippen molar-refractivity contribution in [2.24, 2.45) is 0 Å². The van der Waals surface area contributed by atoms with Crippen LogP contribution in [0.2, 0.25) is 10.0 Å². The van der Waals surface area contributed by atoms with Gasteiger partial charge < -0.3 is 0 Å². The predicted octanol–water partition coefficient (Wildman–Crippen LogP) is 6.30. The molecule has 158 valence electrons. The van der Waals surface area contributed by atoms with E-state index in [0.717, 1.165) is 5.56 Å². The number of thioether (sulfide) groups is 1. The van der Waals surface area contributed by atoms with Crippen molar-refractivity contribution in [3.05, 3.63) is 111 Å². The second-order valence-corrected chi connectivity index (χ2v) is 9.00. The minimum absolute atomic E-state index is 0.0712. The van der Waals surface area contributed by atoms with Gasteiger partial charge in [0.25, 0.3) is 0 Å². The Bertz CT molecular complexity index is 1250. The molecule has 0 aromatic heterocycles. The van der Waals surface area contributed by atoms with E-state index < -0.39 is 11.0 Å². The first-order valence-electron chi connectivity index (χ1n) is 9.74. The Morgan fingerprint density at radius 2 is 1.62 bits per heavy atom. The second kappa shape index (κ2) is 9.62. The van der Waals surface area contributed by atoms with Crippen LogP contribution in [0.1, 0.15) is 15.9 Å². The highest BCUT2D eigenvalue weighted by atomic mass is 35.5. The van der Waals surface area contributed by atoms with Crippen molar-refractivity contribution in [3.8, 4) is 6.07 Å². The van der Waals surface area contributed by atoms with E-state index in [9.17, 15) is 14.9 Å². The third-order valence-corrected chi connectivity index (χ3v) is 7.11. The van der Waals surface area contributed by atoms with Crippen molar-refractivity contribution in [3.63, 3.8) is 0 Å². The SMILES string of the molecule is N#C/C(C(=O)c1ccccc1)=C1/S[C@@H](Cc2cccc(Cl)c2Cl)C(=O)N1c1ccccc1. The lowest BCUT2D eigenvalue weighted by atomic mass is 10.0. The summed E-state index contributed by atoms with van der Waals surface area (Å²) in [6, 6.07) is 24.9. The Balaban J connectivity index is 1.79. The number of anilines is 1. The number of nitriles is 1. The third-order valence-electron chi connectivity index (χ3n) is 4.99. The summed E-state index contributed by atoms with van der Waals surface area (Å²) in [5.74, 6) is -0.647. The molecule has 1 aliphatic heterocycles. The van der Waals surface area contributed by atoms with Crippen LogP contribution in [-0.4, -0.2) is 16.9 Å². The molecule has 0 unspecified atom stereocenters. The number of halogens is 2. The molecule has 0 saturated carbocycles. The molecular weight excluding hydrogens is 463 g/mol. The summed E-state index contributed by atoms with van der Waals surface area (Å²) >= 11 is 13.7. The lowest BCUT2D eigenvalue weighted by Crippen LogP contribution is -2.30. The van der Waals surface area contributed by atoms with Crippen molar-refractivity contribution in [2.75, 3.05) is 4.90 Å². The maximum absolute atomic E-state index is 13.5. The molecule has 4 nitrogen and oxygen atoms in total. The fraction of sp³-hybridized carbons (Fsp3) is 0.0800. The standard InChI is InChI=1S/C25H16Cl2N2O2S/c26-20-13-7-10-17(22(20)27)14-21-24(31)29(18-11-5-2-6-12-18)25(32-21)19(15-28)23(30)16-8-3-1-4-9-16/h1-13,21H,14H2/b25-19-/t21-/m0/s1. The van der Waals surface area contributed by atoms with Gasteiger partial charge in [-0.2, -0.15) is 5.26 Å². The van der Waals surface area contributed by atoms with Gasteiger partial charge in [-0.1, -0.05) is 95.6 Å². The number of carbonyl (C=O) groups excluding carboxylic acids is 2. The second-order valence-electron chi connectivity index (χ2n) is 7.02. The highest BCUT2D eigenvalue weighted by molar-refractivity contribution is 8.05. The first-order chi connectivity index (χ1) is 15.5. The normalized spacial score (nSPS) is 17.2. The van der Waals surface area contributed by atoms with Crippen LogP contribution < -0.4 is 4.90 Å². The molecule has 1 aliphatic rings. The molecule has 0 spiro atoms. The number of allylic oxidation sites excluding steroid dienone is 1. The van der Waals surface area contributed by atoms with Crippen LogP contribution in [0.4, 0.5) is 5.69 Å². The number of rotatable bonds is 5. The molecule has 3 aromatic carbocycles. The Hall–Kier alpha value is -3.04. The molecule has 1 saturated heterocycles. The smallest absolute Gasteiger partial charge is 0.245 e. The van der Waals surface area contributed by atoms with Gasteiger partial charge in [-0.05, 0) is 30.2 Å². The van der Waals surface area contributed by atoms with Crippen LogP contribution in [0, 0.1) is 11.3 Å². The minimum atomic E-state index is -0.562. The molecule has 0 aliphatic carbocycles. The van der Waals surface area contributed by atoms with Crippen molar-refractivity contribution in [1.29, 1.82) is 5.26 Å². The fourth-order valence-corrected chi connectivity index (χ4v) is 5.13. The number of carbonyl (C=O) groups is 2. The number of hydrogen-bond acceptors (Lipinski definition) is 4. The average molecular weight is 479 g/mol. The van der Waals surface area contributed by atoms with E-state index >= 15 is 0 Å². The minimum Gasteiger partial charge on any atom is -0.288 e. The highest BCUT2D eigenvalue weighted by Gasteiger charge is 2.41. The lowest BCUT2D eigenvalue weighted by Gasteiger charge is -2.18. The van der Waals surface area contributed by atoms with E-state index in [1.165, 1.54) is 16.7 Å². The maximum atomic E-state index is 13.5.